The van der Waals surface area contributed by atoms with Crippen molar-refractivity contribution in [2.24, 2.45) is 16.7 Å². The predicted octanol–water partition coefficient (Wildman–Crippen LogP) is 3.81. The van der Waals surface area contributed by atoms with Crippen LogP contribution in [0.2, 0.25) is 0 Å². The zero-order valence-electron chi connectivity index (χ0n) is 13.4. The van der Waals surface area contributed by atoms with E-state index in [4.69, 9.17) is 4.74 Å². The Morgan fingerprint density at radius 2 is 1.72 bits per heavy atom. The Labute approximate surface area is 114 Å². The summed E-state index contributed by atoms with van der Waals surface area (Å²) in [5.74, 6) is 0.854. The van der Waals surface area contributed by atoms with Gasteiger partial charge < -0.3 is 9.64 Å². The quantitative estimate of drug-likeness (QED) is 0.693. The molecule has 1 aliphatic heterocycles. The van der Waals surface area contributed by atoms with E-state index >= 15 is 0 Å². The van der Waals surface area contributed by atoms with Gasteiger partial charge in [-0.25, -0.2) is 0 Å². The molecule has 0 aromatic carbocycles. The minimum absolute atomic E-state index is 0.394. The highest BCUT2D eigenvalue weighted by Gasteiger charge is 2.31. The molecule has 2 nitrogen and oxygen atoms in total. The van der Waals surface area contributed by atoms with Crippen LogP contribution in [0.15, 0.2) is 0 Å². The first-order valence-corrected chi connectivity index (χ1v) is 7.48. The van der Waals surface area contributed by atoms with Crippen LogP contribution in [0.4, 0.5) is 0 Å². The van der Waals surface area contributed by atoms with E-state index < -0.39 is 0 Å². The zero-order chi connectivity index (χ0) is 13.8. The molecule has 0 aromatic rings. The SMILES string of the molecule is CC(C)(C)CCOCCN1CCC(C(C)(C)C)C1. The molecule has 0 aliphatic carbocycles. The molecule has 1 fully saturated rings. The summed E-state index contributed by atoms with van der Waals surface area (Å²) in [4.78, 5) is 2.56. The lowest BCUT2D eigenvalue weighted by atomic mass is 9.80. The van der Waals surface area contributed by atoms with Crippen LogP contribution in [0.5, 0.6) is 0 Å². The Hall–Kier alpha value is -0.0800. The minimum Gasteiger partial charge on any atom is -0.380 e. The summed E-state index contributed by atoms with van der Waals surface area (Å²) >= 11 is 0. The van der Waals surface area contributed by atoms with E-state index in [1.807, 2.05) is 0 Å². The van der Waals surface area contributed by atoms with Crippen LogP contribution in [0, 0.1) is 16.7 Å². The second-order valence-corrected chi connectivity index (χ2v) is 8.08. The van der Waals surface area contributed by atoms with Gasteiger partial charge in [-0.05, 0) is 36.1 Å². The average molecular weight is 255 g/mol. The van der Waals surface area contributed by atoms with Crippen molar-refractivity contribution in [1.82, 2.24) is 4.90 Å². The lowest BCUT2D eigenvalue weighted by Gasteiger charge is -2.27. The molecule has 1 aliphatic rings. The van der Waals surface area contributed by atoms with E-state index in [1.165, 1.54) is 19.5 Å². The average Bonchev–Trinajstić information content (AvgIpc) is 2.63. The number of likely N-dealkylation sites (tertiary alicyclic amines) is 1. The lowest BCUT2D eigenvalue weighted by Crippen LogP contribution is -2.28. The third-order valence-corrected chi connectivity index (χ3v) is 4.05. The van der Waals surface area contributed by atoms with Gasteiger partial charge in [0.1, 0.15) is 0 Å². The van der Waals surface area contributed by atoms with Crippen LogP contribution < -0.4 is 0 Å². The second kappa shape index (κ2) is 6.38. The maximum Gasteiger partial charge on any atom is 0.0593 e. The molecule has 2 heteroatoms. The molecular formula is C16H33NO. The van der Waals surface area contributed by atoms with Crippen molar-refractivity contribution in [1.29, 1.82) is 0 Å². The summed E-state index contributed by atoms with van der Waals surface area (Å²) in [7, 11) is 0. The summed E-state index contributed by atoms with van der Waals surface area (Å²) < 4.78 is 5.75. The van der Waals surface area contributed by atoms with Crippen LogP contribution >= 0.6 is 0 Å². The van der Waals surface area contributed by atoms with Crippen LogP contribution in [-0.2, 0) is 4.74 Å². The number of rotatable bonds is 5. The molecule has 0 aromatic heterocycles. The monoisotopic (exact) mass is 255 g/mol. The molecular weight excluding hydrogens is 222 g/mol. The van der Waals surface area contributed by atoms with Crippen molar-refractivity contribution in [3.05, 3.63) is 0 Å². The van der Waals surface area contributed by atoms with Crippen LogP contribution in [0.25, 0.3) is 0 Å². The summed E-state index contributed by atoms with van der Waals surface area (Å²) in [6.45, 7) is 19.3. The van der Waals surface area contributed by atoms with Crippen molar-refractivity contribution in [2.45, 2.75) is 54.4 Å². The molecule has 1 atom stereocenters. The summed E-state index contributed by atoms with van der Waals surface area (Å²) in [5.41, 5.74) is 0.854. The van der Waals surface area contributed by atoms with Gasteiger partial charge >= 0.3 is 0 Å². The van der Waals surface area contributed by atoms with E-state index in [9.17, 15) is 0 Å². The van der Waals surface area contributed by atoms with E-state index in [0.717, 1.165) is 32.1 Å². The van der Waals surface area contributed by atoms with Gasteiger partial charge in [-0.1, -0.05) is 41.5 Å². The van der Waals surface area contributed by atoms with E-state index in [2.05, 4.69) is 46.4 Å². The molecule has 0 saturated carbocycles. The van der Waals surface area contributed by atoms with Crippen molar-refractivity contribution in [2.75, 3.05) is 32.8 Å². The fourth-order valence-corrected chi connectivity index (χ4v) is 2.42. The third kappa shape index (κ3) is 6.19. The smallest absolute Gasteiger partial charge is 0.0593 e. The highest BCUT2D eigenvalue weighted by atomic mass is 16.5. The Morgan fingerprint density at radius 1 is 1.06 bits per heavy atom. The molecule has 1 unspecified atom stereocenters. The molecule has 108 valence electrons. The first kappa shape index (κ1) is 16.0. The van der Waals surface area contributed by atoms with Gasteiger partial charge in [0, 0.05) is 19.7 Å². The van der Waals surface area contributed by atoms with Crippen LogP contribution in [-0.4, -0.2) is 37.7 Å². The first-order chi connectivity index (χ1) is 8.18. The summed E-state index contributed by atoms with van der Waals surface area (Å²) in [5, 5.41) is 0. The number of nitrogens with zero attached hydrogens (tertiary/aromatic N) is 1. The second-order valence-electron chi connectivity index (χ2n) is 8.08. The largest absolute Gasteiger partial charge is 0.380 e. The predicted molar refractivity (Wildman–Crippen MR) is 78.9 cm³/mol. The van der Waals surface area contributed by atoms with Gasteiger partial charge in [0.2, 0.25) is 0 Å². The molecule has 18 heavy (non-hydrogen) atoms. The molecule has 0 bridgehead atoms. The Kier molecular flexibility index (Phi) is 5.67. The topological polar surface area (TPSA) is 12.5 Å². The number of hydrogen-bond acceptors (Lipinski definition) is 2. The minimum atomic E-state index is 0.394. The highest BCUT2D eigenvalue weighted by molar-refractivity contribution is 4.83. The maximum atomic E-state index is 5.75. The van der Waals surface area contributed by atoms with Crippen LogP contribution in [0.3, 0.4) is 0 Å². The van der Waals surface area contributed by atoms with E-state index in [0.29, 0.717) is 10.8 Å². The van der Waals surface area contributed by atoms with Gasteiger partial charge in [-0.3, -0.25) is 0 Å². The van der Waals surface area contributed by atoms with Crippen molar-refractivity contribution in [3.8, 4) is 0 Å². The van der Waals surface area contributed by atoms with E-state index in [1.54, 1.807) is 0 Å². The Balaban J connectivity index is 2.08. The van der Waals surface area contributed by atoms with Gasteiger partial charge in [0.05, 0.1) is 6.61 Å². The van der Waals surface area contributed by atoms with Crippen molar-refractivity contribution in [3.63, 3.8) is 0 Å². The van der Waals surface area contributed by atoms with Crippen LogP contribution in [0.1, 0.15) is 54.4 Å². The Bertz CT molecular complexity index is 236. The first-order valence-electron chi connectivity index (χ1n) is 7.48. The fourth-order valence-electron chi connectivity index (χ4n) is 2.42. The number of ether oxygens (including phenoxy) is 1. The van der Waals surface area contributed by atoms with Gasteiger partial charge in [0.15, 0.2) is 0 Å². The normalized spacial score (nSPS) is 22.7. The fraction of sp³-hybridized carbons (Fsp3) is 1.00. The number of hydrogen-bond donors (Lipinski definition) is 0. The molecule has 1 rings (SSSR count). The van der Waals surface area contributed by atoms with Gasteiger partial charge in [0.25, 0.3) is 0 Å². The molecule has 0 N–H and O–H groups in total. The molecule has 1 saturated heterocycles. The maximum absolute atomic E-state index is 5.75. The molecule has 1 heterocycles. The summed E-state index contributed by atoms with van der Waals surface area (Å²) in [6.07, 6.45) is 2.50. The Morgan fingerprint density at radius 3 is 2.22 bits per heavy atom. The molecule has 0 amide bonds. The lowest BCUT2D eigenvalue weighted by molar-refractivity contribution is 0.0882. The highest BCUT2D eigenvalue weighted by Crippen LogP contribution is 2.33. The third-order valence-electron chi connectivity index (χ3n) is 4.05. The standard InChI is InChI=1S/C16H33NO/c1-15(2,3)8-11-18-12-10-17-9-7-14(13-17)16(4,5)6/h14H,7-13H2,1-6H3. The zero-order valence-corrected chi connectivity index (χ0v) is 13.4. The van der Waals surface area contributed by atoms with Gasteiger partial charge in [-0.15, -0.1) is 0 Å². The van der Waals surface area contributed by atoms with E-state index in [-0.39, 0.29) is 0 Å². The molecule has 0 spiro atoms. The van der Waals surface area contributed by atoms with Crippen molar-refractivity contribution < 1.29 is 4.74 Å². The molecule has 0 radical (unpaired) electrons. The van der Waals surface area contributed by atoms with Gasteiger partial charge in [-0.2, -0.15) is 0 Å². The van der Waals surface area contributed by atoms with Crippen molar-refractivity contribution >= 4 is 0 Å². The summed E-state index contributed by atoms with van der Waals surface area (Å²) in [6, 6.07) is 0.